The van der Waals surface area contributed by atoms with Crippen molar-refractivity contribution in [2.45, 2.75) is 0 Å². The van der Waals surface area contributed by atoms with Crippen LogP contribution < -0.4 is 4.74 Å². The first kappa shape index (κ1) is 13.6. The van der Waals surface area contributed by atoms with Crippen LogP contribution in [0.3, 0.4) is 0 Å². The van der Waals surface area contributed by atoms with Gasteiger partial charge in [-0.2, -0.15) is 11.3 Å². The number of allylic oxidation sites excluding steroid dienone is 1. The molecule has 0 N–H and O–H groups in total. The van der Waals surface area contributed by atoms with E-state index in [2.05, 4.69) is 0 Å². The second-order valence-corrected chi connectivity index (χ2v) is 5.46. The van der Waals surface area contributed by atoms with Crippen molar-refractivity contribution in [3.8, 4) is 5.75 Å². The van der Waals surface area contributed by atoms with Gasteiger partial charge in [-0.1, -0.05) is 24.3 Å². The Morgan fingerprint density at radius 3 is 2.67 bits per heavy atom. The molecule has 0 spiro atoms. The van der Waals surface area contributed by atoms with E-state index in [1.807, 2.05) is 59.3 Å². The van der Waals surface area contributed by atoms with Gasteiger partial charge in [-0.15, -0.1) is 0 Å². The predicted octanol–water partition coefficient (Wildman–Crippen LogP) is 4.81. The van der Waals surface area contributed by atoms with Crippen molar-refractivity contribution in [3.05, 3.63) is 70.4 Å². The van der Waals surface area contributed by atoms with Gasteiger partial charge in [0.05, 0.1) is 7.11 Å². The van der Waals surface area contributed by atoms with E-state index in [4.69, 9.17) is 4.74 Å². The second kappa shape index (κ2) is 5.94. The van der Waals surface area contributed by atoms with Crippen molar-refractivity contribution in [1.29, 1.82) is 0 Å². The van der Waals surface area contributed by atoms with Crippen LogP contribution in [-0.2, 0) is 0 Å². The first-order valence-electron chi connectivity index (χ1n) is 6.59. The lowest BCUT2D eigenvalue weighted by Crippen LogP contribution is -1.94. The highest BCUT2D eigenvalue weighted by molar-refractivity contribution is 7.08. The van der Waals surface area contributed by atoms with Gasteiger partial charge in [0.2, 0.25) is 0 Å². The van der Waals surface area contributed by atoms with Crippen molar-refractivity contribution in [1.82, 2.24) is 0 Å². The molecule has 2 aromatic carbocycles. The zero-order valence-electron chi connectivity index (χ0n) is 11.6. The van der Waals surface area contributed by atoms with Crippen LogP contribution in [0.1, 0.15) is 15.9 Å². The maximum absolute atomic E-state index is 12.2. The lowest BCUT2D eigenvalue weighted by Gasteiger charge is -2.04. The van der Waals surface area contributed by atoms with Crippen molar-refractivity contribution in [2.24, 2.45) is 0 Å². The number of benzene rings is 2. The van der Waals surface area contributed by atoms with E-state index in [9.17, 15) is 4.79 Å². The van der Waals surface area contributed by atoms with Crippen LogP contribution >= 0.6 is 11.3 Å². The molecule has 1 aromatic heterocycles. The van der Waals surface area contributed by atoms with Crippen molar-refractivity contribution in [2.75, 3.05) is 7.11 Å². The quantitative estimate of drug-likeness (QED) is 0.510. The molecule has 0 saturated heterocycles. The van der Waals surface area contributed by atoms with Crippen LogP contribution in [0.25, 0.3) is 16.8 Å². The highest BCUT2D eigenvalue weighted by Crippen LogP contribution is 2.22. The summed E-state index contributed by atoms with van der Waals surface area (Å²) in [5, 5.41) is 6.10. The van der Waals surface area contributed by atoms with Gasteiger partial charge in [-0.05, 0) is 57.4 Å². The Bertz CT molecular complexity index is 801. The summed E-state index contributed by atoms with van der Waals surface area (Å²) >= 11 is 1.62. The summed E-state index contributed by atoms with van der Waals surface area (Å²) in [5.74, 6) is 0.831. The van der Waals surface area contributed by atoms with Crippen LogP contribution in [0.2, 0.25) is 0 Å². The minimum atomic E-state index is 0.0129. The minimum absolute atomic E-state index is 0.0129. The standard InChI is InChI=1S/C18H14O2S/c1-20-17-6-5-14-10-16(4-3-15(14)11-17)18(19)7-2-13-8-9-21-12-13/h2-12H,1H3/b7-2+. The predicted molar refractivity (Wildman–Crippen MR) is 88.2 cm³/mol. The second-order valence-electron chi connectivity index (χ2n) is 4.68. The van der Waals surface area contributed by atoms with Crippen LogP contribution in [0.4, 0.5) is 0 Å². The molecular formula is C18H14O2S. The minimum Gasteiger partial charge on any atom is -0.497 e. The third-order valence-electron chi connectivity index (χ3n) is 3.30. The number of fused-ring (bicyclic) bond motifs is 1. The lowest BCUT2D eigenvalue weighted by atomic mass is 10.0. The lowest BCUT2D eigenvalue weighted by molar-refractivity contribution is 0.104. The van der Waals surface area contributed by atoms with E-state index in [0.29, 0.717) is 5.56 Å². The maximum Gasteiger partial charge on any atom is 0.185 e. The number of methoxy groups -OCH3 is 1. The van der Waals surface area contributed by atoms with Gasteiger partial charge in [0.1, 0.15) is 5.75 Å². The summed E-state index contributed by atoms with van der Waals surface area (Å²) in [6.45, 7) is 0. The van der Waals surface area contributed by atoms with E-state index < -0.39 is 0 Å². The Balaban J connectivity index is 1.88. The maximum atomic E-state index is 12.2. The monoisotopic (exact) mass is 294 g/mol. The van der Waals surface area contributed by atoms with Gasteiger partial charge in [-0.25, -0.2) is 0 Å². The molecule has 0 amide bonds. The number of ketones is 1. The third kappa shape index (κ3) is 3.03. The summed E-state index contributed by atoms with van der Waals surface area (Å²) in [5.41, 5.74) is 1.75. The fourth-order valence-corrected chi connectivity index (χ4v) is 2.77. The molecule has 0 aliphatic heterocycles. The van der Waals surface area contributed by atoms with Gasteiger partial charge >= 0.3 is 0 Å². The molecule has 3 rings (SSSR count). The van der Waals surface area contributed by atoms with Gasteiger partial charge in [-0.3, -0.25) is 4.79 Å². The summed E-state index contributed by atoms with van der Waals surface area (Å²) in [4.78, 5) is 12.2. The first-order valence-corrected chi connectivity index (χ1v) is 7.53. The summed E-state index contributed by atoms with van der Waals surface area (Å²) in [6, 6.07) is 13.5. The molecule has 3 aromatic rings. The average Bonchev–Trinajstić information content (AvgIpc) is 3.05. The molecule has 21 heavy (non-hydrogen) atoms. The van der Waals surface area contributed by atoms with E-state index in [0.717, 1.165) is 22.1 Å². The average molecular weight is 294 g/mol. The van der Waals surface area contributed by atoms with E-state index in [1.165, 1.54) is 0 Å². The Morgan fingerprint density at radius 1 is 1.10 bits per heavy atom. The van der Waals surface area contributed by atoms with E-state index >= 15 is 0 Å². The molecule has 0 radical (unpaired) electrons. The number of ether oxygens (including phenoxy) is 1. The molecule has 104 valence electrons. The van der Waals surface area contributed by atoms with Gasteiger partial charge < -0.3 is 4.74 Å². The molecule has 1 heterocycles. The number of hydrogen-bond donors (Lipinski definition) is 0. The fourth-order valence-electron chi connectivity index (χ4n) is 2.14. The van der Waals surface area contributed by atoms with Gasteiger partial charge in [0, 0.05) is 5.56 Å². The number of carbonyl (C=O) groups is 1. The van der Waals surface area contributed by atoms with E-state index in [1.54, 1.807) is 24.5 Å². The molecule has 0 aliphatic carbocycles. The molecule has 2 nitrogen and oxygen atoms in total. The fraction of sp³-hybridized carbons (Fsp3) is 0.0556. The Morgan fingerprint density at radius 2 is 1.90 bits per heavy atom. The molecular weight excluding hydrogens is 280 g/mol. The van der Waals surface area contributed by atoms with Crippen LogP contribution in [0, 0.1) is 0 Å². The molecule has 0 aliphatic rings. The summed E-state index contributed by atoms with van der Waals surface area (Å²) in [6.07, 6.45) is 3.46. The number of rotatable bonds is 4. The molecule has 0 bridgehead atoms. The third-order valence-corrected chi connectivity index (χ3v) is 4.00. The van der Waals surface area contributed by atoms with Crippen LogP contribution in [0.5, 0.6) is 5.75 Å². The molecule has 0 saturated carbocycles. The SMILES string of the molecule is COc1ccc2cc(C(=O)/C=C/c3ccsc3)ccc2c1. The Kier molecular flexibility index (Phi) is 3.84. The highest BCUT2D eigenvalue weighted by atomic mass is 32.1. The normalized spacial score (nSPS) is 11.1. The van der Waals surface area contributed by atoms with Crippen molar-refractivity contribution < 1.29 is 9.53 Å². The van der Waals surface area contributed by atoms with Gasteiger partial charge in [0.25, 0.3) is 0 Å². The zero-order valence-corrected chi connectivity index (χ0v) is 12.4. The summed E-state index contributed by atoms with van der Waals surface area (Å²) in [7, 11) is 1.65. The first-order chi connectivity index (χ1) is 10.3. The zero-order chi connectivity index (χ0) is 14.7. The van der Waals surface area contributed by atoms with Gasteiger partial charge in [0.15, 0.2) is 5.78 Å². The largest absolute Gasteiger partial charge is 0.497 e. The van der Waals surface area contributed by atoms with Crippen LogP contribution in [0.15, 0.2) is 59.3 Å². The van der Waals surface area contributed by atoms with E-state index in [-0.39, 0.29) is 5.78 Å². The number of thiophene rings is 1. The molecule has 0 atom stereocenters. The Labute approximate surface area is 127 Å². The topological polar surface area (TPSA) is 26.3 Å². The van der Waals surface area contributed by atoms with Crippen molar-refractivity contribution in [3.63, 3.8) is 0 Å². The molecule has 0 fully saturated rings. The Hall–Kier alpha value is -2.39. The summed E-state index contributed by atoms with van der Waals surface area (Å²) < 4.78 is 5.20. The highest BCUT2D eigenvalue weighted by Gasteiger charge is 2.04. The molecule has 3 heteroatoms. The molecule has 0 unspecified atom stereocenters. The van der Waals surface area contributed by atoms with Crippen LogP contribution in [-0.4, -0.2) is 12.9 Å². The smallest absolute Gasteiger partial charge is 0.185 e. The number of hydrogen-bond acceptors (Lipinski definition) is 3. The van der Waals surface area contributed by atoms with Crippen molar-refractivity contribution >= 4 is 34.0 Å². The number of carbonyl (C=O) groups excluding carboxylic acids is 1.